The van der Waals surface area contributed by atoms with Gasteiger partial charge in [-0.1, -0.05) is 30.3 Å². The summed E-state index contributed by atoms with van der Waals surface area (Å²) in [7, 11) is 0. The topological polar surface area (TPSA) is 3.24 Å². The number of fused-ring (bicyclic) bond motifs is 1. The molecule has 0 spiro atoms. The third kappa shape index (κ3) is 2.48. The Labute approximate surface area is 119 Å². The first-order chi connectivity index (χ1) is 9.28. The van der Waals surface area contributed by atoms with E-state index in [0.717, 1.165) is 19.5 Å². The summed E-state index contributed by atoms with van der Waals surface area (Å²) in [5.74, 6) is 0.592. The molecule has 0 unspecified atom stereocenters. The second-order valence-electron chi connectivity index (χ2n) is 5.18. The number of nitrogens with zero attached hydrogens (tertiary/aromatic N) is 1. The Kier molecular flexibility index (Phi) is 3.48. The molecule has 98 valence electrons. The number of benzene rings is 2. The van der Waals surface area contributed by atoms with Gasteiger partial charge in [0.2, 0.25) is 0 Å². The molecule has 2 heteroatoms. The van der Waals surface area contributed by atoms with Crippen LogP contribution in [0.1, 0.15) is 22.3 Å². The van der Waals surface area contributed by atoms with E-state index in [-0.39, 0.29) is 0 Å². The number of halogens is 1. The lowest BCUT2D eigenvalue weighted by Gasteiger charge is -2.31. The average molecular weight is 272 g/mol. The minimum Gasteiger partial charge on any atom is -0.367 e. The van der Waals surface area contributed by atoms with Gasteiger partial charge >= 0.3 is 0 Å². The van der Waals surface area contributed by atoms with Crippen LogP contribution in [-0.4, -0.2) is 6.54 Å². The molecule has 2 aromatic carbocycles. The van der Waals surface area contributed by atoms with Gasteiger partial charge in [-0.05, 0) is 47.7 Å². The van der Waals surface area contributed by atoms with Crippen molar-refractivity contribution in [3.8, 4) is 0 Å². The molecule has 1 nitrogen and oxygen atoms in total. The molecule has 19 heavy (non-hydrogen) atoms. The summed E-state index contributed by atoms with van der Waals surface area (Å²) < 4.78 is 0. The number of hydrogen-bond acceptors (Lipinski definition) is 1. The zero-order valence-electron chi connectivity index (χ0n) is 11.2. The molecule has 0 aliphatic carbocycles. The van der Waals surface area contributed by atoms with Crippen LogP contribution < -0.4 is 4.90 Å². The molecule has 0 aromatic heterocycles. The van der Waals surface area contributed by atoms with E-state index in [1.165, 1.54) is 27.9 Å². The van der Waals surface area contributed by atoms with Gasteiger partial charge in [-0.3, -0.25) is 0 Å². The molecule has 0 N–H and O–H groups in total. The third-order valence-electron chi connectivity index (χ3n) is 3.97. The second kappa shape index (κ2) is 5.26. The van der Waals surface area contributed by atoms with Crippen molar-refractivity contribution in [3.05, 3.63) is 64.7 Å². The Bertz CT molecular complexity index is 592. The maximum absolute atomic E-state index is 5.92. The van der Waals surface area contributed by atoms with Crippen LogP contribution in [0, 0.1) is 6.92 Å². The fraction of sp³-hybridized carbons (Fsp3) is 0.294. The van der Waals surface area contributed by atoms with Crippen molar-refractivity contribution < 1.29 is 0 Å². The summed E-state index contributed by atoms with van der Waals surface area (Å²) in [5.41, 5.74) is 6.76. The Morgan fingerprint density at radius 2 is 1.89 bits per heavy atom. The Morgan fingerprint density at radius 3 is 2.63 bits per heavy atom. The minimum absolute atomic E-state index is 0.592. The number of rotatable bonds is 2. The van der Waals surface area contributed by atoms with Crippen molar-refractivity contribution in [1.29, 1.82) is 0 Å². The number of anilines is 1. The van der Waals surface area contributed by atoms with E-state index in [2.05, 4.69) is 54.3 Å². The monoisotopic (exact) mass is 271 g/mol. The highest BCUT2D eigenvalue weighted by molar-refractivity contribution is 6.17. The summed E-state index contributed by atoms with van der Waals surface area (Å²) in [6, 6.07) is 15.3. The normalized spacial score (nSPS) is 14.3. The number of aryl methyl sites for hydroxylation is 1. The standard InChI is InChI=1S/C17H18ClN/c1-13-10-17(7-6-15(13)11-18)19-9-8-14-4-2-3-5-16(14)12-19/h2-7,10H,8-9,11-12H2,1H3. The molecule has 1 aliphatic rings. The summed E-state index contributed by atoms with van der Waals surface area (Å²) in [6.45, 7) is 4.24. The molecule has 1 heterocycles. The first-order valence-corrected chi connectivity index (χ1v) is 7.28. The quantitative estimate of drug-likeness (QED) is 0.736. The van der Waals surface area contributed by atoms with Gasteiger partial charge in [0.15, 0.2) is 0 Å². The zero-order valence-corrected chi connectivity index (χ0v) is 12.0. The van der Waals surface area contributed by atoms with Gasteiger partial charge in [-0.15, -0.1) is 11.6 Å². The van der Waals surface area contributed by atoms with Crippen LogP contribution in [0.15, 0.2) is 42.5 Å². The van der Waals surface area contributed by atoms with E-state index < -0.39 is 0 Å². The lowest BCUT2D eigenvalue weighted by molar-refractivity contribution is 0.731. The van der Waals surface area contributed by atoms with Crippen molar-refractivity contribution in [3.63, 3.8) is 0 Å². The maximum Gasteiger partial charge on any atom is 0.0476 e. The highest BCUT2D eigenvalue weighted by Gasteiger charge is 2.16. The number of alkyl halides is 1. The summed E-state index contributed by atoms with van der Waals surface area (Å²) in [4.78, 5) is 2.45. The predicted octanol–water partition coefficient (Wildman–Crippen LogP) is 4.30. The zero-order chi connectivity index (χ0) is 13.2. The molecule has 0 amide bonds. The smallest absolute Gasteiger partial charge is 0.0476 e. The van der Waals surface area contributed by atoms with Gasteiger partial charge in [0.25, 0.3) is 0 Å². The second-order valence-corrected chi connectivity index (χ2v) is 5.45. The number of hydrogen-bond donors (Lipinski definition) is 0. The lowest BCUT2D eigenvalue weighted by atomic mass is 9.99. The third-order valence-corrected chi connectivity index (χ3v) is 4.25. The van der Waals surface area contributed by atoms with Crippen LogP contribution in [0.2, 0.25) is 0 Å². The SMILES string of the molecule is Cc1cc(N2CCc3ccccc3C2)ccc1CCl. The van der Waals surface area contributed by atoms with Crippen LogP contribution >= 0.6 is 11.6 Å². The molecule has 0 radical (unpaired) electrons. The van der Waals surface area contributed by atoms with Gasteiger partial charge < -0.3 is 4.90 Å². The first kappa shape index (κ1) is 12.6. The van der Waals surface area contributed by atoms with E-state index in [9.17, 15) is 0 Å². The van der Waals surface area contributed by atoms with Crippen molar-refractivity contribution in [2.45, 2.75) is 25.8 Å². The minimum atomic E-state index is 0.592. The highest BCUT2D eigenvalue weighted by Crippen LogP contribution is 2.26. The Balaban J connectivity index is 1.87. The van der Waals surface area contributed by atoms with Crippen molar-refractivity contribution in [2.24, 2.45) is 0 Å². The van der Waals surface area contributed by atoms with Crippen LogP contribution in [-0.2, 0) is 18.8 Å². The van der Waals surface area contributed by atoms with E-state index >= 15 is 0 Å². The molecule has 0 saturated heterocycles. The molecule has 3 rings (SSSR count). The maximum atomic E-state index is 5.92. The van der Waals surface area contributed by atoms with Gasteiger partial charge in [0.05, 0.1) is 0 Å². The molecule has 0 saturated carbocycles. The largest absolute Gasteiger partial charge is 0.367 e. The van der Waals surface area contributed by atoms with E-state index in [1.54, 1.807) is 0 Å². The average Bonchev–Trinajstić information content (AvgIpc) is 2.46. The fourth-order valence-corrected chi connectivity index (χ4v) is 3.04. The molecule has 0 atom stereocenters. The van der Waals surface area contributed by atoms with E-state index in [0.29, 0.717) is 5.88 Å². The summed E-state index contributed by atoms with van der Waals surface area (Å²) >= 11 is 5.92. The van der Waals surface area contributed by atoms with Crippen LogP contribution in [0.5, 0.6) is 0 Å². The van der Waals surface area contributed by atoms with Gasteiger partial charge in [-0.2, -0.15) is 0 Å². The van der Waals surface area contributed by atoms with Crippen LogP contribution in [0.25, 0.3) is 0 Å². The lowest BCUT2D eigenvalue weighted by Crippen LogP contribution is -2.30. The molecular formula is C17H18ClN. The van der Waals surface area contributed by atoms with E-state index in [4.69, 9.17) is 11.6 Å². The van der Waals surface area contributed by atoms with Crippen molar-refractivity contribution >= 4 is 17.3 Å². The highest BCUT2D eigenvalue weighted by atomic mass is 35.5. The van der Waals surface area contributed by atoms with Gasteiger partial charge in [-0.25, -0.2) is 0 Å². The molecule has 0 fully saturated rings. The van der Waals surface area contributed by atoms with Gasteiger partial charge in [0.1, 0.15) is 0 Å². The van der Waals surface area contributed by atoms with Crippen LogP contribution in [0.3, 0.4) is 0 Å². The molecule has 1 aliphatic heterocycles. The Hall–Kier alpha value is -1.47. The fourth-order valence-electron chi connectivity index (χ4n) is 2.74. The molecule has 0 bridgehead atoms. The van der Waals surface area contributed by atoms with Gasteiger partial charge in [0, 0.05) is 24.7 Å². The molecule has 2 aromatic rings. The Morgan fingerprint density at radius 1 is 1.11 bits per heavy atom. The summed E-state index contributed by atoms with van der Waals surface area (Å²) in [6.07, 6.45) is 1.13. The summed E-state index contributed by atoms with van der Waals surface area (Å²) in [5, 5.41) is 0. The van der Waals surface area contributed by atoms with Crippen molar-refractivity contribution in [1.82, 2.24) is 0 Å². The van der Waals surface area contributed by atoms with E-state index in [1.807, 2.05) is 0 Å². The van der Waals surface area contributed by atoms with Crippen LogP contribution in [0.4, 0.5) is 5.69 Å². The predicted molar refractivity (Wildman–Crippen MR) is 81.9 cm³/mol. The molecular weight excluding hydrogens is 254 g/mol. The van der Waals surface area contributed by atoms with Crippen molar-refractivity contribution in [2.75, 3.05) is 11.4 Å². The first-order valence-electron chi connectivity index (χ1n) is 6.75.